The Balaban J connectivity index is 2.04. The van der Waals surface area contributed by atoms with Crippen molar-refractivity contribution in [1.29, 1.82) is 0 Å². The maximum absolute atomic E-state index is 14.8. The number of hydrogen-bond donors (Lipinski definition) is 1. The minimum Gasteiger partial charge on any atom is -0.494 e. The Labute approximate surface area is 235 Å². The largest absolute Gasteiger partial charge is 0.494 e. The van der Waals surface area contributed by atoms with Crippen molar-refractivity contribution in [2.45, 2.75) is 45.8 Å². The average molecular weight is 570 g/mol. The van der Waals surface area contributed by atoms with Gasteiger partial charge in [-0.05, 0) is 56.7 Å². The molecule has 0 unspecified atom stereocenters. The van der Waals surface area contributed by atoms with Gasteiger partial charge in [-0.2, -0.15) is 0 Å². The van der Waals surface area contributed by atoms with Crippen molar-refractivity contribution in [1.82, 2.24) is 10.2 Å². The van der Waals surface area contributed by atoms with Crippen molar-refractivity contribution in [3.8, 4) is 5.75 Å². The number of benzene rings is 3. The van der Waals surface area contributed by atoms with E-state index in [1.165, 1.54) is 23.1 Å². The molecule has 0 aliphatic heterocycles. The summed E-state index contributed by atoms with van der Waals surface area (Å²) in [6.07, 6.45) is 1.16. The second kappa shape index (κ2) is 13.9. The van der Waals surface area contributed by atoms with Crippen molar-refractivity contribution in [2.75, 3.05) is 23.7 Å². The normalized spacial score (nSPS) is 12.1. The Bertz CT molecular complexity index is 1380. The third-order valence-corrected chi connectivity index (χ3v) is 7.26. The zero-order valence-electron chi connectivity index (χ0n) is 23.2. The summed E-state index contributed by atoms with van der Waals surface area (Å²) in [6, 6.07) is 20.3. The summed E-state index contributed by atoms with van der Waals surface area (Å²) in [4.78, 5) is 28.7. The first-order chi connectivity index (χ1) is 19.0. The van der Waals surface area contributed by atoms with E-state index in [4.69, 9.17) is 4.74 Å². The predicted molar refractivity (Wildman–Crippen MR) is 154 cm³/mol. The van der Waals surface area contributed by atoms with Crippen LogP contribution in [0.3, 0.4) is 0 Å². The molecule has 10 heteroatoms. The van der Waals surface area contributed by atoms with E-state index >= 15 is 0 Å². The van der Waals surface area contributed by atoms with Gasteiger partial charge in [-0.3, -0.25) is 13.9 Å². The van der Waals surface area contributed by atoms with Crippen LogP contribution >= 0.6 is 0 Å². The van der Waals surface area contributed by atoms with E-state index in [9.17, 15) is 22.4 Å². The van der Waals surface area contributed by atoms with Gasteiger partial charge in [0.25, 0.3) is 0 Å². The summed E-state index contributed by atoms with van der Waals surface area (Å²) < 4.78 is 46.9. The van der Waals surface area contributed by atoms with Gasteiger partial charge in [0.1, 0.15) is 24.2 Å². The maximum atomic E-state index is 14.8. The van der Waals surface area contributed by atoms with Crippen molar-refractivity contribution in [2.24, 2.45) is 0 Å². The minimum absolute atomic E-state index is 0.154. The highest BCUT2D eigenvalue weighted by molar-refractivity contribution is 7.92. The Morgan fingerprint density at radius 3 is 2.15 bits per heavy atom. The average Bonchev–Trinajstić information content (AvgIpc) is 2.90. The fourth-order valence-corrected chi connectivity index (χ4v) is 5.08. The SMILES string of the molecule is CCOc1ccc(N(CC(=O)N(Cc2ccccc2F)[C@@H](Cc2ccccc2)C(=O)NC(C)C)S(C)(=O)=O)cc1. The number of halogens is 1. The molecule has 2 amide bonds. The molecule has 3 aromatic rings. The van der Waals surface area contributed by atoms with Gasteiger partial charge in [0, 0.05) is 24.6 Å². The second-order valence-electron chi connectivity index (χ2n) is 9.68. The highest BCUT2D eigenvalue weighted by atomic mass is 32.2. The summed E-state index contributed by atoms with van der Waals surface area (Å²) >= 11 is 0. The summed E-state index contributed by atoms with van der Waals surface area (Å²) in [7, 11) is -3.91. The Kier molecular flexibility index (Phi) is 10.7. The van der Waals surface area contributed by atoms with Crippen LogP contribution in [-0.2, 0) is 32.6 Å². The van der Waals surface area contributed by atoms with Gasteiger partial charge in [0.2, 0.25) is 21.8 Å². The van der Waals surface area contributed by atoms with Crippen LogP contribution in [0.25, 0.3) is 0 Å². The number of nitrogens with one attached hydrogen (secondary N) is 1. The molecule has 1 atom stereocenters. The molecule has 0 radical (unpaired) electrons. The number of hydrogen-bond acceptors (Lipinski definition) is 5. The molecule has 0 saturated carbocycles. The highest BCUT2D eigenvalue weighted by Crippen LogP contribution is 2.23. The lowest BCUT2D eigenvalue weighted by atomic mass is 10.0. The number of nitrogens with zero attached hydrogens (tertiary/aromatic N) is 2. The van der Waals surface area contributed by atoms with Gasteiger partial charge in [-0.15, -0.1) is 0 Å². The van der Waals surface area contributed by atoms with Crippen molar-refractivity contribution >= 4 is 27.5 Å². The number of carbonyl (C=O) groups is 2. The van der Waals surface area contributed by atoms with Crippen LogP contribution in [0.4, 0.5) is 10.1 Å². The van der Waals surface area contributed by atoms with Gasteiger partial charge >= 0.3 is 0 Å². The molecule has 214 valence electrons. The third-order valence-electron chi connectivity index (χ3n) is 6.12. The van der Waals surface area contributed by atoms with Crippen LogP contribution in [0, 0.1) is 5.82 Å². The quantitative estimate of drug-likeness (QED) is 0.334. The van der Waals surface area contributed by atoms with E-state index in [0.717, 1.165) is 16.1 Å². The molecule has 0 aliphatic rings. The third kappa shape index (κ3) is 8.54. The molecule has 1 N–H and O–H groups in total. The lowest BCUT2D eigenvalue weighted by molar-refractivity contribution is -0.140. The minimum atomic E-state index is -3.91. The van der Waals surface area contributed by atoms with E-state index in [1.54, 1.807) is 44.2 Å². The molecule has 0 aromatic heterocycles. The van der Waals surface area contributed by atoms with Gasteiger partial charge in [0.15, 0.2) is 0 Å². The molecular weight excluding hydrogens is 533 g/mol. The van der Waals surface area contributed by atoms with Crippen LogP contribution in [0.2, 0.25) is 0 Å². The smallest absolute Gasteiger partial charge is 0.244 e. The molecule has 3 rings (SSSR count). The lowest BCUT2D eigenvalue weighted by Gasteiger charge is -2.34. The summed E-state index contributed by atoms with van der Waals surface area (Å²) in [5.41, 5.74) is 1.26. The number of rotatable bonds is 13. The summed E-state index contributed by atoms with van der Waals surface area (Å²) in [5, 5.41) is 2.86. The van der Waals surface area contributed by atoms with Gasteiger partial charge in [-0.1, -0.05) is 48.5 Å². The first-order valence-corrected chi connectivity index (χ1v) is 14.9. The Morgan fingerprint density at radius 2 is 1.57 bits per heavy atom. The summed E-state index contributed by atoms with van der Waals surface area (Å²) in [5.74, 6) is -1.05. The highest BCUT2D eigenvalue weighted by Gasteiger charge is 2.33. The van der Waals surface area contributed by atoms with Crippen LogP contribution < -0.4 is 14.4 Å². The van der Waals surface area contributed by atoms with Crippen LogP contribution in [0.5, 0.6) is 5.75 Å². The lowest BCUT2D eigenvalue weighted by Crippen LogP contribution is -2.54. The molecule has 3 aromatic carbocycles. The van der Waals surface area contributed by atoms with Crippen LogP contribution in [0.15, 0.2) is 78.9 Å². The number of anilines is 1. The fourth-order valence-electron chi connectivity index (χ4n) is 4.23. The monoisotopic (exact) mass is 569 g/mol. The molecule has 0 saturated heterocycles. The van der Waals surface area contributed by atoms with Crippen molar-refractivity contribution in [3.63, 3.8) is 0 Å². The van der Waals surface area contributed by atoms with Crippen LogP contribution in [0.1, 0.15) is 31.9 Å². The Hall–Kier alpha value is -3.92. The number of sulfonamides is 1. The van der Waals surface area contributed by atoms with Crippen molar-refractivity contribution < 1.29 is 27.1 Å². The van der Waals surface area contributed by atoms with Gasteiger partial charge < -0.3 is 15.0 Å². The number of carbonyl (C=O) groups excluding carboxylic acids is 2. The van der Waals surface area contributed by atoms with Crippen LogP contribution in [-0.4, -0.2) is 56.6 Å². The van der Waals surface area contributed by atoms with E-state index in [-0.39, 0.29) is 30.3 Å². The molecule has 40 heavy (non-hydrogen) atoms. The van der Waals surface area contributed by atoms with Crippen molar-refractivity contribution in [3.05, 3.63) is 95.8 Å². The van der Waals surface area contributed by atoms with E-state index in [1.807, 2.05) is 37.3 Å². The molecule has 8 nitrogen and oxygen atoms in total. The van der Waals surface area contributed by atoms with E-state index in [2.05, 4.69) is 5.32 Å². The molecule has 0 bridgehead atoms. The fraction of sp³-hybridized carbons (Fsp3) is 0.333. The summed E-state index contributed by atoms with van der Waals surface area (Å²) in [6.45, 7) is 5.08. The molecule has 0 fully saturated rings. The molecule has 0 spiro atoms. The van der Waals surface area contributed by atoms with Gasteiger partial charge in [0.05, 0.1) is 18.6 Å². The second-order valence-corrected chi connectivity index (χ2v) is 11.6. The standard InChI is InChI=1S/C30H36FN3O5S/c1-5-39-26-17-15-25(16-18-26)34(40(4,37)38)21-29(35)33(20-24-13-9-10-14-27(24)31)28(30(36)32-22(2)3)19-23-11-7-6-8-12-23/h6-18,22,28H,5,19-21H2,1-4H3,(H,32,36)/t28-/m0/s1. The van der Waals surface area contributed by atoms with Gasteiger partial charge in [-0.25, -0.2) is 12.8 Å². The topological polar surface area (TPSA) is 96.0 Å². The van der Waals surface area contributed by atoms with E-state index in [0.29, 0.717) is 12.4 Å². The Morgan fingerprint density at radius 1 is 0.950 bits per heavy atom. The predicted octanol–water partition coefficient (Wildman–Crippen LogP) is 4.16. The number of ether oxygens (including phenoxy) is 1. The zero-order chi connectivity index (χ0) is 29.3. The first kappa shape index (κ1) is 30.6. The maximum Gasteiger partial charge on any atom is 0.244 e. The van der Waals surface area contributed by atoms with E-state index < -0.39 is 40.2 Å². The molecule has 0 heterocycles. The zero-order valence-corrected chi connectivity index (χ0v) is 24.0. The number of amides is 2. The first-order valence-electron chi connectivity index (χ1n) is 13.1. The molecular formula is C30H36FN3O5S. The molecule has 0 aliphatic carbocycles.